The van der Waals surface area contributed by atoms with Crippen LogP contribution in [0.15, 0.2) is 35.2 Å². The average molecular weight is 626 g/mol. The van der Waals surface area contributed by atoms with Gasteiger partial charge >= 0.3 is 6.18 Å². The number of hydrogen-bond donors (Lipinski definition) is 1. The molecule has 0 spiro atoms. The molecule has 2 aliphatic carbocycles. The number of aryl methyl sites for hydroxylation is 1. The standard InChI is InChI=1S/C29H28F5N3O5S/c1-3-42-23-13-21(31)20(30)12-19(23)17-4-5-24(16(2)10-17)43(40,41)18-11-22(36-14-18)25(38)37(27(15-35)6-7-27)26(39)28(8-9-28)29(32,33)34/h4-5,10,12-13,18,22,36H,3,6-9,11,14H2,1-2H3/t18-,22+/m1/s1. The second kappa shape index (κ2) is 10.6. The maximum absolute atomic E-state index is 14.0. The Bertz CT molecular complexity index is 1640. The predicted molar refractivity (Wildman–Crippen MR) is 142 cm³/mol. The molecular weight excluding hydrogens is 597 g/mol. The number of nitriles is 1. The van der Waals surface area contributed by atoms with Gasteiger partial charge in [0, 0.05) is 18.2 Å². The van der Waals surface area contributed by atoms with Crippen LogP contribution in [0.2, 0.25) is 0 Å². The van der Waals surface area contributed by atoms with Crippen molar-refractivity contribution in [3.05, 3.63) is 47.5 Å². The third-order valence-corrected chi connectivity index (χ3v) is 10.7. The van der Waals surface area contributed by atoms with Crippen LogP contribution in [0.25, 0.3) is 11.1 Å². The normalized spacial score (nSPS) is 22.0. The van der Waals surface area contributed by atoms with Gasteiger partial charge in [-0.15, -0.1) is 0 Å². The number of carbonyl (C=O) groups is 2. The van der Waals surface area contributed by atoms with E-state index < -0.39 is 74.5 Å². The molecule has 0 aromatic heterocycles. The molecule has 2 aromatic rings. The van der Waals surface area contributed by atoms with Crippen molar-refractivity contribution in [1.29, 1.82) is 5.26 Å². The highest BCUT2D eigenvalue weighted by atomic mass is 32.2. The van der Waals surface area contributed by atoms with Crippen LogP contribution >= 0.6 is 0 Å². The molecule has 2 aromatic carbocycles. The molecule has 43 heavy (non-hydrogen) atoms. The van der Waals surface area contributed by atoms with Crippen LogP contribution in [0.5, 0.6) is 5.75 Å². The summed E-state index contributed by atoms with van der Waals surface area (Å²) < 4.78 is 102. The van der Waals surface area contributed by atoms with Gasteiger partial charge in [-0.05, 0) is 69.2 Å². The van der Waals surface area contributed by atoms with E-state index in [9.17, 15) is 45.2 Å². The van der Waals surface area contributed by atoms with Crippen molar-refractivity contribution in [1.82, 2.24) is 10.2 Å². The number of ether oxygens (including phenoxy) is 1. The van der Waals surface area contributed by atoms with E-state index in [1.807, 2.05) is 6.07 Å². The van der Waals surface area contributed by atoms with Gasteiger partial charge in [0.15, 0.2) is 21.5 Å². The SMILES string of the molecule is CCOc1cc(F)c(F)cc1-c1ccc(S(=O)(=O)[C@H]2CN[C@H](C(=O)N(C(=O)C3(C(F)(F)F)CC3)C3(C#N)CC3)C2)c(C)c1. The lowest BCUT2D eigenvalue weighted by molar-refractivity contribution is -0.200. The molecule has 230 valence electrons. The number of sulfone groups is 1. The fourth-order valence-electron chi connectivity index (χ4n) is 5.60. The van der Waals surface area contributed by atoms with E-state index in [0.717, 1.165) is 12.1 Å². The van der Waals surface area contributed by atoms with E-state index in [-0.39, 0.29) is 54.2 Å². The van der Waals surface area contributed by atoms with E-state index in [1.165, 1.54) is 25.1 Å². The number of rotatable bonds is 8. The number of carbonyl (C=O) groups excluding carboxylic acids is 2. The first-order chi connectivity index (χ1) is 20.1. The van der Waals surface area contributed by atoms with Gasteiger partial charge in [-0.2, -0.15) is 18.4 Å². The monoisotopic (exact) mass is 625 g/mol. The van der Waals surface area contributed by atoms with E-state index in [1.54, 1.807) is 6.92 Å². The molecule has 2 atom stereocenters. The zero-order valence-electron chi connectivity index (χ0n) is 23.2. The van der Waals surface area contributed by atoms with Gasteiger partial charge in [0.05, 0.1) is 28.9 Å². The molecule has 1 heterocycles. The van der Waals surface area contributed by atoms with Crippen molar-refractivity contribution < 1.29 is 44.7 Å². The fourth-order valence-corrected chi connectivity index (χ4v) is 7.48. The van der Waals surface area contributed by atoms with Crippen LogP contribution in [0, 0.1) is 35.3 Å². The van der Waals surface area contributed by atoms with Gasteiger partial charge in [-0.25, -0.2) is 17.2 Å². The molecule has 1 N–H and O–H groups in total. The third kappa shape index (κ3) is 5.16. The van der Waals surface area contributed by atoms with Gasteiger partial charge < -0.3 is 10.1 Å². The lowest BCUT2D eigenvalue weighted by atomic mass is 10.0. The highest BCUT2D eigenvalue weighted by Crippen LogP contribution is 2.60. The number of alkyl halides is 3. The van der Waals surface area contributed by atoms with Crippen molar-refractivity contribution in [3.8, 4) is 22.9 Å². The molecule has 2 saturated carbocycles. The van der Waals surface area contributed by atoms with E-state index in [2.05, 4.69) is 5.32 Å². The number of amides is 2. The second-order valence-electron chi connectivity index (χ2n) is 11.2. The molecule has 0 bridgehead atoms. The Morgan fingerprint density at radius 3 is 2.30 bits per heavy atom. The van der Waals surface area contributed by atoms with E-state index in [0.29, 0.717) is 10.5 Å². The Hall–Kier alpha value is -3.57. The summed E-state index contributed by atoms with van der Waals surface area (Å²) in [6, 6.07) is 6.57. The van der Waals surface area contributed by atoms with Crippen molar-refractivity contribution in [2.75, 3.05) is 13.2 Å². The molecule has 2 amide bonds. The zero-order valence-corrected chi connectivity index (χ0v) is 24.0. The summed E-state index contributed by atoms with van der Waals surface area (Å²) >= 11 is 0. The van der Waals surface area contributed by atoms with Crippen molar-refractivity contribution in [2.24, 2.45) is 5.41 Å². The molecule has 1 aliphatic heterocycles. The third-order valence-electron chi connectivity index (χ3n) is 8.43. The van der Waals surface area contributed by atoms with Gasteiger partial charge in [0.2, 0.25) is 11.8 Å². The topological polar surface area (TPSA) is 117 Å². The first kappa shape index (κ1) is 30.9. The highest BCUT2D eigenvalue weighted by Gasteiger charge is 2.72. The lowest BCUT2D eigenvalue weighted by Gasteiger charge is -2.32. The van der Waals surface area contributed by atoms with Crippen LogP contribution in [0.4, 0.5) is 22.0 Å². The van der Waals surface area contributed by atoms with Gasteiger partial charge in [0.1, 0.15) is 16.7 Å². The Labute approximate surface area is 244 Å². The molecule has 14 heteroatoms. The number of hydrogen-bond acceptors (Lipinski definition) is 7. The number of benzene rings is 2. The lowest BCUT2D eigenvalue weighted by Crippen LogP contribution is -2.56. The summed E-state index contributed by atoms with van der Waals surface area (Å²) in [4.78, 5) is 27.0. The molecule has 5 rings (SSSR count). The maximum atomic E-state index is 14.0. The minimum atomic E-state index is -4.89. The molecule has 0 radical (unpaired) electrons. The first-order valence-electron chi connectivity index (χ1n) is 13.7. The number of nitrogens with zero attached hydrogens (tertiary/aromatic N) is 2. The molecular formula is C29H28F5N3O5S. The largest absolute Gasteiger partial charge is 0.493 e. The zero-order chi connectivity index (χ0) is 31.5. The summed E-state index contributed by atoms with van der Waals surface area (Å²) in [6.07, 6.45) is -6.11. The predicted octanol–water partition coefficient (Wildman–Crippen LogP) is 4.60. The van der Waals surface area contributed by atoms with Crippen LogP contribution in [0.3, 0.4) is 0 Å². The summed E-state index contributed by atoms with van der Waals surface area (Å²) in [5, 5.41) is 11.2. The number of imide groups is 1. The Kier molecular flexibility index (Phi) is 7.58. The van der Waals surface area contributed by atoms with Crippen LogP contribution in [-0.4, -0.2) is 61.3 Å². The van der Waals surface area contributed by atoms with E-state index >= 15 is 0 Å². The smallest absolute Gasteiger partial charge is 0.403 e. The maximum Gasteiger partial charge on any atom is 0.403 e. The van der Waals surface area contributed by atoms with Crippen LogP contribution in [0.1, 0.15) is 44.6 Å². The molecule has 8 nitrogen and oxygen atoms in total. The first-order valence-corrected chi connectivity index (χ1v) is 15.2. The summed E-state index contributed by atoms with van der Waals surface area (Å²) in [7, 11) is -4.11. The van der Waals surface area contributed by atoms with Gasteiger partial charge in [-0.3, -0.25) is 14.5 Å². The van der Waals surface area contributed by atoms with Crippen molar-refractivity contribution >= 4 is 21.7 Å². The van der Waals surface area contributed by atoms with Crippen LogP contribution < -0.4 is 10.1 Å². The van der Waals surface area contributed by atoms with Crippen molar-refractivity contribution in [2.45, 2.75) is 73.9 Å². The molecule has 0 unspecified atom stereocenters. The minimum absolute atomic E-state index is 0.0396. The van der Waals surface area contributed by atoms with E-state index in [4.69, 9.17) is 4.74 Å². The molecule has 3 aliphatic rings. The second-order valence-corrected chi connectivity index (χ2v) is 13.4. The Morgan fingerprint density at radius 1 is 1.12 bits per heavy atom. The van der Waals surface area contributed by atoms with Crippen molar-refractivity contribution in [3.63, 3.8) is 0 Å². The average Bonchev–Trinajstić information content (AvgIpc) is 3.86. The fraction of sp³-hybridized carbons (Fsp3) is 0.483. The molecule has 1 saturated heterocycles. The minimum Gasteiger partial charge on any atom is -0.493 e. The van der Waals surface area contributed by atoms with Crippen LogP contribution in [-0.2, 0) is 19.4 Å². The molecule has 3 fully saturated rings. The summed E-state index contributed by atoms with van der Waals surface area (Å²) in [5.41, 5.74) is -3.54. The van der Waals surface area contributed by atoms with Gasteiger partial charge in [0.25, 0.3) is 0 Å². The summed E-state index contributed by atoms with van der Waals surface area (Å²) in [6.45, 7) is 3.13. The summed E-state index contributed by atoms with van der Waals surface area (Å²) in [5.74, 6) is -4.66. The number of nitrogens with one attached hydrogen (secondary N) is 1. The number of halogens is 5. The Morgan fingerprint density at radius 2 is 1.77 bits per heavy atom. The quantitative estimate of drug-likeness (QED) is 0.337. The highest BCUT2D eigenvalue weighted by molar-refractivity contribution is 7.92. The van der Waals surface area contributed by atoms with Gasteiger partial charge in [-0.1, -0.05) is 12.1 Å². The Balaban J connectivity index is 1.39.